The Hall–Kier alpha value is -3.12. The molecule has 218 valence electrons. The second kappa shape index (κ2) is 15.6. The van der Waals surface area contributed by atoms with Crippen LogP contribution < -0.4 is 14.2 Å². The summed E-state index contributed by atoms with van der Waals surface area (Å²) in [5.74, 6) is 1.52. The van der Waals surface area contributed by atoms with Crippen LogP contribution in [0.25, 0.3) is 0 Å². The molecule has 11 heteroatoms. The number of ether oxygens (including phenoxy) is 4. The number of thiophene rings is 1. The van der Waals surface area contributed by atoms with E-state index in [4.69, 9.17) is 18.9 Å². The van der Waals surface area contributed by atoms with Gasteiger partial charge < -0.3 is 23.8 Å². The highest BCUT2D eigenvalue weighted by Crippen LogP contribution is 2.28. The van der Waals surface area contributed by atoms with E-state index in [1.807, 2.05) is 42.6 Å². The van der Waals surface area contributed by atoms with E-state index < -0.39 is 10.0 Å². The number of nitrogens with zero attached hydrogens (tertiary/aromatic N) is 2. The van der Waals surface area contributed by atoms with Crippen molar-refractivity contribution in [3.05, 3.63) is 70.4 Å². The zero-order chi connectivity index (χ0) is 29.0. The monoisotopic (exact) mass is 590 g/mol. The molecule has 0 aliphatic rings. The van der Waals surface area contributed by atoms with Crippen LogP contribution in [-0.4, -0.2) is 77.7 Å². The van der Waals surface area contributed by atoms with Crippen molar-refractivity contribution in [2.45, 2.75) is 31.2 Å². The molecule has 3 aromatic rings. The summed E-state index contributed by atoms with van der Waals surface area (Å²) >= 11 is 1.55. The molecule has 1 aromatic heterocycles. The number of carbonyl (C=O) groups excluding carboxylic acids is 1. The van der Waals surface area contributed by atoms with Gasteiger partial charge in [-0.2, -0.15) is 4.31 Å². The first-order chi connectivity index (χ1) is 19.3. The minimum atomic E-state index is -3.94. The van der Waals surface area contributed by atoms with Gasteiger partial charge in [-0.3, -0.25) is 4.79 Å². The number of hydrogen-bond acceptors (Lipinski definition) is 8. The minimum absolute atomic E-state index is 0.104. The summed E-state index contributed by atoms with van der Waals surface area (Å²) in [6.45, 7) is 3.49. The number of hydrogen-bond donors (Lipinski definition) is 0. The number of methoxy groups -OCH3 is 3. The molecule has 0 unspecified atom stereocenters. The summed E-state index contributed by atoms with van der Waals surface area (Å²) in [6.07, 6.45) is 1.03. The lowest BCUT2D eigenvalue weighted by Crippen LogP contribution is -2.43. The van der Waals surface area contributed by atoms with Crippen molar-refractivity contribution < 1.29 is 32.2 Å². The molecule has 9 nitrogen and oxygen atoms in total. The van der Waals surface area contributed by atoms with Crippen molar-refractivity contribution in [1.82, 2.24) is 9.21 Å². The van der Waals surface area contributed by atoms with Crippen molar-refractivity contribution in [3.8, 4) is 17.2 Å². The molecule has 40 heavy (non-hydrogen) atoms. The highest BCUT2D eigenvalue weighted by Gasteiger charge is 2.28. The predicted molar refractivity (Wildman–Crippen MR) is 156 cm³/mol. The number of sulfonamides is 1. The summed E-state index contributed by atoms with van der Waals surface area (Å²) in [7, 11) is 0.743. The Morgan fingerprint density at radius 3 is 2.30 bits per heavy atom. The predicted octanol–water partition coefficient (Wildman–Crippen LogP) is 4.46. The van der Waals surface area contributed by atoms with Crippen LogP contribution in [0.4, 0.5) is 0 Å². The van der Waals surface area contributed by atoms with E-state index in [-0.39, 0.29) is 23.9 Å². The molecule has 0 bridgehead atoms. The lowest BCUT2D eigenvalue weighted by Gasteiger charge is -2.27. The zero-order valence-electron chi connectivity index (χ0n) is 23.5. The maximum absolute atomic E-state index is 13.7. The standard InChI is InChI=1S/C29H38N2O7S2/c1-5-38-18-7-16-31(40(33,34)26-12-10-24(35-2)11-13-26)22-29(32)30(21-25-8-6-19-39-25)17-15-23-9-14-27(36-3)28(20-23)37-4/h6,8-14,19-20H,5,7,15-18,21-22H2,1-4H3. The molecule has 2 aromatic carbocycles. The Morgan fingerprint density at radius 2 is 1.68 bits per heavy atom. The molecule has 1 heterocycles. The molecule has 0 spiro atoms. The molecule has 0 radical (unpaired) electrons. The van der Waals surface area contributed by atoms with E-state index in [9.17, 15) is 13.2 Å². The van der Waals surface area contributed by atoms with Gasteiger partial charge in [0, 0.05) is 31.2 Å². The normalized spacial score (nSPS) is 11.4. The summed E-state index contributed by atoms with van der Waals surface area (Å²) in [5.41, 5.74) is 0.973. The number of rotatable bonds is 17. The second-order valence-corrected chi connectivity index (χ2v) is 11.9. The average Bonchev–Trinajstić information content (AvgIpc) is 3.49. The quantitative estimate of drug-likeness (QED) is 0.214. The summed E-state index contributed by atoms with van der Waals surface area (Å²) < 4.78 is 49.9. The number of amides is 1. The van der Waals surface area contributed by atoms with Crippen LogP contribution in [0.1, 0.15) is 23.8 Å². The van der Waals surface area contributed by atoms with Crippen molar-refractivity contribution in [2.24, 2.45) is 0 Å². The van der Waals surface area contributed by atoms with Gasteiger partial charge in [0.05, 0.1) is 39.3 Å². The highest BCUT2D eigenvalue weighted by molar-refractivity contribution is 7.89. The molecule has 3 rings (SSSR count). The van der Waals surface area contributed by atoms with Crippen LogP contribution in [0, 0.1) is 0 Å². The Bertz CT molecular complexity index is 1300. The number of carbonyl (C=O) groups is 1. The lowest BCUT2D eigenvalue weighted by atomic mass is 10.1. The Balaban J connectivity index is 1.82. The minimum Gasteiger partial charge on any atom is -0.497 e. The van der Waals surface area contributed by atoms with Crippen LogP contribution in [-0.2, 0) is 32.5 Å². The third-order valence-corrected chi connectivity index (χ3v) is 9.03. The smallest absolute Gasteiger partial charge is 0.243 e. The Kier molecular flexibility index (Phi) is 12.3. The van der Waals surface area contributed by atoms with Crippen molar-refractivity contribution in [2.75, 3.05) is 54.2 Å². The molecule has 1 amide bonds. The van der Waals surface area contributed by atoms with Crippen LogP contribution in [0.15, 0.2) is 64.9 Å². The van der Waals surface area contributed by atoms with Crippen LogP contribution >= 0.6 is 11.3 Å². The van der Waals surface area contributed by atoms with E-state index in [2.05, 4.69) is 0 Å². The molecule has 0 saturated heterocycles. The fourth-order valence-electron chi connectivity index (χ4n) is 4.10. The first-order valence-corrected chi connectivity index (χ1v) is 15.4. The Labute approximate surface area is 241 Å². The molecule has 0 fully saturated rings. The molecule has 0 saturated carbocycles. The van der Waals surface area contributed by atoms with Crippen molar-refractivity contribution in [3.63, 3.8) is 0 Å². The van der Waals surface area contributed by atoms with Crippen molar-refractivity contribution >= 4 is 27.3 Å². The fourth-order valence-corrected chi connectivity index (χ4v) is 6.25. The second-order valence-electron chi connectivity index (χ2n) is 8.90. The van der Waals surface area contributed by atoms with E-state index in [1.54, 1.807) is 42.6 Å². The van der Waals surface area contributed by atoms with Gasteiger partial charge in [-0.15, -0.1) is 11.3 Å². The van der Waals surface area contributed by atoms with Gasteiger partial charge in [0.2, 0.25) is 15.9 Å². The average molecular weight is 591 g/mol. The molecular formula is C29H38N2O7S2. The van der Waals surface area contributed by atoms with Crippen LogP contribution in [0.5, 0.6) is 17.2 Å². The van der Waals surface area contributed by atoms with Gasteiger partial charge >= 0.3 is 0 Å². The first kappa shape index (κ1) is 31.4. The van der Waals surface area contributed by atoms with Gasteiger partial charge in [0.1, 0.15) is 5.75 Å². The van der Waals surface area contributed by atoms with Gasteiger partial charge in [-0.25, -0.2) is 8.42 Å². The zero-order valence-corrected chi connectivity index (χ0v) is 25.1. The molecule has 0 N–H and O–H groups in total. The molecular weight excluding hydrogens is 552 g/mol. The third-order valence-electron chi connectivity index (χ3n) is 6.31. The Morgan fingerprint density at radius 1 is 0.925 bits per heavy atom. The van der Waals surface area contributed by atoms with Gasteiger partial charge in [-0.1, -0.05) is 12.1 Å². The van der Waals surface area contributed by atoms with Gasteiger partial charge in [-0.05, 0) is 73.2 Å². The molecule has 0 aliphatic heterocycles. The van der Waals surface area contributed by atoms with E-state index in [0.29, 0.717) is 56.4 Å². The largest absolute Gasteiger partial charge is 0.497 e. The molecule has 0 aliphatic carbocycles. The van der Waals surface area contributed by atoms with E-state index >= 15 is 0 Å². The summed E-state index contributed by atoms with van der Waals surface area (Å²) in [4.78, 5) is 16.6. The van der Waals surface area contributed by atoms with E-state index in [1.165, 1.54) is 23.5 Å². The van der Waals surface area contributed by atoms with Crippen molar-refractivity contribution in [1.29, 1.82) is 0 Å². The topological polar surface area (TPSA) is 94.6 Å². The SMILES string of the molecule is CCOCCCN(CC(=O)N(CCc1ccc(OC)c(OC)c1)Cc1cccs1)S(=O)(=O)c1ccc(OC)cc1. The molecule has 0 atom stereocenters. The first-order valence-electron chi connectivity index (χ1n) is 13.0. The van der Waals surface area contributed by atoms with Gasteiger partial charge in [0.15, 0.2) is 11.5 Å². The summed E-state index contributed by atoms with van der Waals surface area (Å²) in [6, 6.07) is 15.7. The third kappa shape index (κ3) is 8.69. The summed E-state index contributed by atoms with van der Waals surface area (Å²) in [5, 5.41) is 1.96. The maximum atomic E-state index is 13.7. The lowest BCUT2D eigenvalue weighted by molar-refractivity contribution is -0.132. The number of benzene rings is 2. The highest BCUT2D eigenvalue weighted by atomic mass is 32.2. The van der Waals surface area contributed by atoms with E-state index in [0.717, 1.165) is 10.4 Å². The van der Waals surface area contributed by atoms with Crippen LogP contribution in [0.3, 0.4) is 0 Å². The fraction of sp³-hybridized carbons (Fsp3) is 0.414. The maximum Gasteiger partial charge on any atom is 0.243 e. The van der Waals surface area contributed by atoms with Crippen LogP contribution in [0.2, 0.25) is 0 Å². The van der Waals surface area contributed by atoms with Gasteiger partial charge in [0.25, 0.3) is 0 Å².